The highest BCUT2D eigenvalue weighted by Crippen LogP contribution is 2.34. The zero-order valence-corrected chi connectivity index (χ0v) is 13.5. The van der Waals surface area contributed by atoms with Crippen molar-refractivity contribution in [3.8, 4) is 0 Å². The van der Waals surface area contributed by atoms with Crippen molar-refractivity contribution in [2.24, 2.45) is 11.8 Å². The fourth-order valence-corrected chi connectivity index (χ4v) is 2.91. The zero-order chi connectivity index (χ0) is 18.9. The molecule has 2 heterocycles. The Morgan fingerprint density at radius 3 is 2.50 bits per heavy atom. The SMILES string of the molecule is N[NH+]([O-])C(=O)c1ccc(N2CC(Cc3ccccc3C(F)(F)F)C2)nn1. The molecule has 1 aromatic carbocycles. The van der Waals surface area contributed by atoms with Crippen LogP contribution < -0.4 is 15.9 Å². The molecule has 0 bridgehead atoms. The second-order valence-electron chi connectivity index (χ2n) is 6.10. The average molecular weight is 367 g/mol. The maximum absolute atomic E-state index is 13.0. The smallest absolute Gasteiger partial charge is 0.416 e. The van der Waals surface area contributed by atoms with Crippen LogP contribution in [-0.4, -0.2) is 29.2 Å². The molecule has 0 aliphatic carbocycles. The number of halogens is 3. The van der Waals surface area contributed by atoms with Crippen molar-refractivity contribution in [1.29, 1.82) is 0 Å². The standard InChI is InChI=1S/C16H16F3N5O2/c17-16(18,19)12-4-2-1-3-11(12)7-10-8-23(9-10)14-6-5-13(21-22-14)15(25)24(20)26/h1-6,10,24H,7-9,20H2. The molecule has 1 amide bonds. The third kappa shape index (κ3) is 3.82. The van der Waals surface area contributed by atoms with Gasteiger partial charge in [-0.3, -0.25) is 0 Å². The molecule has 138 valence electrons. The summed E-state index contributed by atoms with van der Waals surface area (Å²) in [5.74, 6) is 4.52. The largest absolute Gasteiger partial charge is 0.606 e. The molecule has 1 aromatic heterocycles. The quantitative estimate of drug-likeness (QED) is 0.466. The van der Waals surface area contributed by atoms with Crippen LogP contribution in [0.1, 0.15) is 21.6 Å². The number of benzene rings is 1. The number of nitrogens with zero attached hydrogens (tertiary/aromatic N) is 3. The lowest BCUT2D eigenvalue weighted by molar-refractivity contribution is -0.770. The molecule has 10 heteroatoms. The first-order valence-electron chi connectivity index (χ1n) is 7.83. The molecular weight excluding hydrogens is 351 g/mol. The summed E-state index contributed by atoms with van der Waals surface area (Å²) in [6.07, 6.45) is -4.05. The van der Waals surface area contributed by atoms with Gasteiger partial charge in [0.1, 0.15) is 0 Å². The number of aromatic nitrogens is 2. The molecule has 3 rings (SSSR count). The fraction of sp³-hybridized carbons (Fsp3) is 0.312. The molecule has 0 saturated carbocycles. The molecule has 1 atom stereocenters. The number of rotatable bonds is 4. The van der Waals surface area contributed by atoms with Gasteiger partial charge in [0.05, 0.1) is 5.56 Å². The molecule has 7 nitrogen and oxygen atoms in total. The Hall–Kier alpha value is -2.56. The minimum Gasteiger partial charge on any atom is -0.606 e. The number of hydroxylamine groups is 1. The second kappa shape index (κ2) is 6.98. The zero-order valence-electron chi connectivity index (χ0n) is 13.5. The lowest BCUT2D eigenvalue weighted by Gasteiger charge is -2.40. The molecule has 1 saturated heterocycles. The van der Waals surface area contributed by atoms with Crippen LogP contribution in [0.2, 0.25) is 0 Å². The van der Waals surface area contributed by atoms with Gasteiger partial charge in [-0.05, 0) is 36.1 Å². The van der Waals surface area contributed by atoms with E-state index in [1.165, 1.54) is 24.3 Å². The summed E-state index contributed by atoms with van der Waals surface area (Å²) < 4.78 is 39.1. The second-order valence-corrected chi connectivity index (χ2v) is 6.10. The summed E-state index contributed by atoms with van der Waals surface area (Å²) >= 11 is 0. The van der Waals surface area contributed by atoms with Crippen LogP contribution in [0.15, 0.2) is 36.4 Å². The van der Waals surface area contributed by atoms with Crippen molar-refractivity contribution >= 4 is 11.7 Å². The van der Waals surface area contributed by atoms with E-state index < -0.39 is 22.8 Å². The Labute approximate surface area is 146 Å². The fourth-order valence-electron chi connectivity index (χ4n) is 2.91. The lowest BCUT2D eigenvalue weighted by atomic mass is 9.90. The number of nitrogen functional groups attached to an aromatic ring is 1. The molecule has 0 spiro atoms. The van der Waals surface area contributed by atoms with Crippen LogP contribution in [-0.2, 0) is 12.6 Å². The monoisotopic (exact) mass is 367 g/mol. The maximum atomic E-state index is 13.0. The van der Waals surface area contributed by atoms with Gasteiger partial charge in [0, 0.05) is 13.1 Å². The van der Waals surface area contributed by atoms with E-state index >= 15 is 0 Å². The topological polar surface area (TPSA) is 99.6 Å². The van der Waals surface area contributed by atoms with Gasteiger partial charge < -0.3 is 10.1 Å². The summed E-state index contributed by atoms with van der Waals surface area (Å²) in [7, 11) is 0. The van der Waals surface area contributed by atoms with E-state index in [1.54, 1.807) is 6.07 Å². The van der Waals surface area contributed by atoms with Gasteiger partial charge in [-0.25, -0.2) is 9.97 Å². The number of anilines is 1. The maximum Gasteiger partial charge on any atom is 0.416 e. The van der Waals surface area contributed by atoms with Crippen LogP contribution in [0, 0.1) is 11.1 Å². The number of amides is 1. The molecule has 26 heavy (non-hydrogen) atoms. The third-order valence-corrected chi connectivity index (χ3v) is 4.22. The van der Waals surface area contributed by atoms with Gasteiger partial charge in [-0.15, -0.1) is 10.2 Å². The first kappa shape index (κ1) is 18.2. The minimum atomic E-state index is -4.37. The molecule has 0 radical (unpaired) electrons. The average Bonchev–Trinajstić information content (AvgIpc) is 2.56. The number of carbonyl (C=O) groups is 1. The lowest BCUT2D eigenvalue weighted by Crippen LogP contribution is -3.15. The van der Waals surface area contributed by atoms with Crippen molar-refractivity contribution < 1.29 is 23.1 Å². The van der Waals surface area contributed by atoms with E-state index in [-0.39, 0.29) is 17.2 Å². The number of hydrogen-bond acceptors (Lipinski definition) is 6. The van der Waals surface area contributed by atoms with E-state index in [1.807, 2.05) is 4.90 Å². The summed E-state index contributed by atoms with van der Waals surface area (Å²) in [5, 5.41) is 17.2. The highest BCUT2D eigenvalue weighted by atomic mass is 19.4. The summed E-state index contributed by atoms with van der Waals surface area (Å²) in [6.45, 7) is 1.06. The molecule has 1 aliphatic heterocycles. The number of alkyl halides is 3. The predicted octanol–water partition coefficient (Wildman–Crippen LogP) is 0.571. The van der Waals surface area contributed by atoms with Crippen molar-refractivity contribution in [1.82, 2.24) is 10.2 Å². The van der Waals surface area contributed by atoms with Gasteiger partial charge in [-0.2, -0.15) is 19.0 Å². The number of hydrogen-bond donors (Lipinski definition) is 2. The van der Waals surface area contributed by atoms with E-state index in [2.05, 4.69) is 10.2 Å². The molecular formula is C16H16F3N5O2. The summed E-state index contributed by atoms with van der Waals surface area (Å²) in [5.41, 5.74) is -0.469. The molecule has 1 fully saturated rings. The first-order valence-corrected chi connectivity index (χ1v) is 7.83. The predicted molar refractivity (Wildman–Crippen MR) is 85.7 cm³/mol. The Morgan fingerprint density at radius 2 is 1.92 bits per heavy atom. The van der Waals surface area contributed by atoms with Crippen LogP contribution >= 0.6 is 0 Å². The summed E-state index contributed by atoms with van der Waals surface area (Å²) in [6, 6.07) is 8.44. The normalized spacial score (nSPS) is 16.3. The Kier molecular flexibility index (Phi) is 4.90. The van der Waals surface area contributed by atoms with Gasteiger partial charge in [0.15, 0.2) is 11.5 Å². The highest BCUT2D eigenvalue weighted by molar-refractivity contribution is 5.84. The first-order chi connectivity index (χ1) is 12.3. The molecule has 3 N–H and O–H groups in total. The van der Waals surface area contributed by atoms with E-state index in [9.17, 15) is 23.2 Å². The van der Waals surface area contributed by atoms with Crippen molar-refractivity contribution in [2.75, 3.05) is 18.0 Å². The number of quaternary nitrogens is 1. The summed E-state index contributed by atoms with van der Waals surface area (Å²) in [4.78, 5) is 13.2. The Balaban J connectivity index is 1.61. The number of nitrogens with one attached hydrogen (secondary N) is 1. The van der Waals surface area contributed by atoms with E-state index in [4.69, 9.17) is 5.84 Å². The highest BCUT2D eigenvalue weighted by Gasteiger charge is 2.35. The number of carbonyl (C=O) groups excluding carboxylic acids is 1. The van der Waals surface area contributed by atoms with E-state index in [0.29, 0.717) is 25.3 Å². The van der Waals surface area contributed by atoms with Crippen molar-refractivity contribution in [3.05, 3.63) is 58.4 Å². The third-order valence-electron chi connectivity index (χ3n) is 4.22. The Bertz CT molecular complexity index is 789. The van der Waals surface area contributed by atoms with Gasteiger partial charge in [-0.1, -0.05) is 18.2 Å². The van der Waals surface area contributed by atoms with Crippen LogP contribution in [0.5, 0.6) is 0 Å². The van der Waals surface area contributed by atoms with Crippen LogP contribution in [0.4, 0.5) is 19.0 Å². The van der Waals surface area contributed by atoms with E-state index in [0.717, 1.165) is 6.07 Å². The Morgan fingerprint density at radius 1 is 1.23 bits per heavy atom. The van der Waals surface area contributed by atoms with Gasteiger partial charge in [0.25, 0.3) is 0 Å². The van der Waals surface area contributed by atoms with Crippen molar-refractivity contribution in [2.45, 2.75) is 12.6 Å². The van der Waals surface area contributed by atoms with Crippen LogP contribution in [0.3, 0.4) is 0 Å². The molecule has 1 aliphatic rings. The minimum absolute atomic E-state index is 0.0622. The molecule has 1 unspecified atom stereocenters. The van der Waals surface area contributed by atoms with Crippen LogP contribution in [0.25, 0.3) is 0 Å². The number of nitrogens with two attached hydrogens (primary N) is 1. The molecule has 2 aromatic rings. The van der Waals surface area contributed by atoms with Crippen molar-refractivity contribution in [3.63, 3.8) is 0 Å². The van der Waals surface area contributed by atoms with Gasteiger partial charge in [0.2, 0.25) is 0 Å². The van der Waals surface area contributed by atoms with Gasteiger partial charge >= 0.3 is 12.1 Å².